The highest BCUT2D eigenvalue weighted by Gasteiger charge is 2.32. The predicted molar refractivity (Wildman–Crippen MR) is 98.1 cm³/mol. The number of hydrogen-bond donors (Lipinski definition) is 2. The Balaban J connectivity index is 2.31. The smallest absolute Gasteiger partial charge is 0.306 e. The van der Waals surface area contributed by atoms with Crippen molar-refractivity contribution in [1.82, 2.24) is 9.88 Å². The van der Waals surface area contributed by atoms with Crippen molar-refractivity contribution in [3.8, 4) is 5.75 Å². The molecule has 0 saturated carbocycles. The van der Waals surface area contributed by atoms with Gasteiger partial charge in [0, 0.05) is 12.1 Å². The maximum atomic E-state index is 12.5. The van der Waals surface area contributed by atoms with Crippen LogP contribution in [0.25, 0.3) is 0 Å². The van der Waals surface area contributed by atoms with Crippen LogP contribution in [0.15, 0.2) is 47.4 Å². The summed E-state index contributed by atoms with van der Waals surface area (Å²) in [5, 5.41) is 22.7. The number of pyridine rings is 1. The Bertz CT molecular complexity index is 970. The van der Waals surface area contributed by atoms with Gasteiger partial charge in [-0.25, -0.2) is 0 Å². The van der Waals surface area contributed by atoms with Gasteiger partial charge in [0.1, 0.15) is 12.3 Å². The van der Waals surface area contributed by atoms with E-state index in [-0.39, 0.29) is 5.69 Å². The molecule has 1 atom stereocenters. The van der Waals surface area contributed by atoms with Crippen LogP contribution in [-0.4, -0.2) is 33.6 Å². The zero-order chi connectivity index (χ0) is 20.9. The summed E-state index contributed by atoms with van der Waals surface area (Å²) in [6.45, 7) is 1.03. The highest BCUT2D eigenvalue weighted by Crippen LogP contribution is 2.28. The van der Waals surface area contributed by atoms with Crippen LogP contribution in [-0.2, 0) is 21.7 Å². The fourth-order valence-electron chi connectivity index (χ4n) is 2.74. The van der Waals surface area contributed by atoms with E-state index in [1.165, 1.54) is 14.0 Å². The number of aromatic nitrogens is 1. The molecule has 0 saturated heterocycles. The molecule has 1 aromatic carbocycles. The van der Waals surface area contributed by atoms with E-state index >= 15 is 0 Å². The maximum absolute atomic E-state index is 12.5. The number of carboxylic acids is 1. The van der Waals surface area contributed by atoms with Gasteiger partial charge < -0.3 is 15.2 Å². The van der Waals surface area contributed by atoms with Crippen LogP contribution in [0.5, 0.6) is 5.75 Å². The number of carbonyl (C=O) groups is 2. The van der Waals surface area contributed by atoms with E-state index in [0.29, 0.717) is 11.3 Å². The topological polar surface area (TPSA) is 141 Å². The second-order valence-electron chi connectivity index (χ2n) is 6.29. The van der Waals surface area contributed by atoms with Crippen LogP contribution in [0.4, 0.5) is 5.69 Å². The number of amides is 1. The lowest BCUT2D eigenvalue weighted by Crippen LogP contribution is -2.47. The maximum Gasteiger partial charge on any atom is 0.306 e. The number of carboxylic acid groups (broad SMARTS) is 1. The molecule has 1 unspecified atom stereocenters. The molecule has 2 aromatic rings. The first-order valence-corrected chi connectivity index (χ1v) is 8.17. The molecule has 1 amide bonds. The molecule has 148 valence electrons. The lowest BCUT2D eigenvalue weighted by atomic mass is 9.88. The Morgan fingerprint density at radius 3 is 2.64 bits per heavy atom. The Morgan fingerprint density at radius 2 is 2.04 bits per heavy atom. The van der Waals surface area contributed by atoms with Crippen molar-refractivity contribution >= 4 is 17.6 Å². The van der Waals surface area contributed by atoms with Gasteiger partial charge in [-0.3, -0.25) is 29.1 Å². The number of ether oxygens (including phenoxy) is 1. The number of nitrogens with zero attached hydrogens (tertiary/aromatic N) is 2. The average Bonchev–Trinajstić information content (AvgIpc) is 2.62. The molecule has 0 aliphatic rings. The largest absolute Gasteiger partial charge is 0.497 e. The van der Waals surface area contributed by atoms with E-state index in [9.17, 15) is 29.6 Å². The monoisotopic (exact) mass is 389 g/mol. The van der Waals surface area contributed by atoms with Crippen LogP contribution < -0.4 is 15.6 Å². The Kier molecular flexibility index (Phi) is 6.14. The van der Waals surface area contributed by atoms with Gasteiger partial charge in [0.2, 0.25) is 5.91 Å². The number of nitrogens with one attached hydrogen (secondary N) is 1. The van der Waals surface area contributed by atoms with Gasteiger partial charge in [-0.05, 0) is 24.6 Å². The summed E-state index contributed by atoms with van der Waals surface area (Å²) in [4.78, 5) is 45.9. The van der Waals surface area contributed by atoms with Gasteiger partial charge in [0.15, 0.2) is 0 Å². The molecule has 1 aromatic heterocycles. The van der Waals surface area contributed by atoms with Crippen molar-refractivity contribution < 1.29 is 24.4 Å². The number of benzene rings is 1. The van der Waals surface area contributed by atoms with Gasteiger partial charge in [-0.2, -0.15) is 0 Å². The normalized spacial score (nSPS) is 12.6. The summed E-state index contributed by atoms with van der Waals surface area (Å²) in [6, 6.07) is 8.61. The molecular formula is C18H19N3O7. The Labute approximate surface area is 159 Å². The van der Waals surface area contributed by atoms with E-state index < -0.39 is 40.9 Å². The summed E-state index contributed by atoms with van der Waals surface area (Å²) in [7, 11) is 1.46. The highest BCUT2D eigenvalue weighted by atomic mass is 16.6. The van der Waals surface area contributed by atoms with Crippen LogP contribution in [0.3, 0.4) is 0 Å². The van der Waals surface area contributed by atoms with Crippen LogP contribution in [0.2, 0.25) is 0 Å². The number of methoxy groups -OCH3 is 1. The molecular weight excluding hydrogens is 370 g/mol. The quantitative estimate of drug-likeness (QED) is 0.511. The van der Waals surface area contributed by atoms with E-state index in [2.05, 4.69) is 5.32 Å². The SMILES string of the molecule is COc1cccc(C(C)(CC(=O)O)NC(=O)Cn2cc([N+](=O)[O-])ccc2=O)c1. The minimum Gasteiger partial charge on any atom is -0.497 e. The van der Waals surface area contributed by atoms with Gasteiger partial charge in [-0.1, -0.05) is 12.1 Å². The first kappa shape index (κ1) is 20.6. The molecule has 0 spiro atoms. The third kappa shape index (κ3) is 4.93. The predicted octanol–water partition coefficient (Wildman–Crippen LogP) is 1.27. The van der Waals surface area contributed by atoms with E-state index in [0.717, 1.165) is 22.9 Å². The summed E-state index contributed by atoms with van der Waals surface area (Å²) < 4.78 is 6.03. The number of rotatable bonds is 8. The minimum absolute atomic E-state index is 0.339. The lowest BCUT2D eigenvalue weighted by Gasteiger charge is -2.30. The van der Waals surface area contributed by atoms with E-state index in [4.69, 9.17) is 4.74 Å². The summed E-state index contributed by atoms with van der Waals surface area (Å²) in [5.74, 6) is -1.33. The molecule has 2 rings (SSSR count). The molecule has 2 N–H and O–H groups in total. The summed E-state index contributed by atoms with van der Waals surface area (Å²) in [5.41, 5.74) is -1.73. The number of nitro groups is 1. The van der Waals surface area contributed by atoms with Gasteiger partial charge in [0.05, 0.1) is 30.2 Å². The van der Waals surface area contributed by atoms with Crippen molar-refractivity contribution in [3.63, 3.8) is 0 Å². The van der Waals surface area contributed by atoms with Gasteiger partial charge in [0.25, 0.3) is 11.2 Å². The third-order valence-electron chi connectivity index (χ3n) is 4.12. The van der Waals surface area contributed by atoms with Gasteiger partial charge in [-0.15, -0.1) is 0 Å². The number of aliphatic carboxylic acids is 1. The molecule has 10 heteroatoms. The fraction of sp³-hybridized carbons (Fsp3) is 0.278. The van der Waals surface area contributed by atoms with Crippen molar-refractivity contribution in [2.75, 3.05) is 7.11 Å². The average molecular weight is 389 g/mol. The van der Waals surface area contributed by atoms with E-state index in [1.54, 1.807) is 24.3 Å². The zero-order valence-corrected chi connectivity index (χ0v) is 15.2. The lowest BCUT2D eigenvalue weighted by molar-refractivity contribution is -0.385. The number of hydrogen-bond acceptors (Lipinski definition) is 6. The zero-order valence-electron chi connectivity index (χ0n) is 15.2. The van der Waals surface area contributed by atoms with Crippen molar-refractivity contribution in [3.05, 3.63) is 68.6 Å². The van der Waals surface area contributed by atoms with Crippen molar-refractivity contribution in [2.24, 2.45) is 0 Å². The molecule has 0 bridgehead atoms. The third-order valence-corrected chi connectivity index (χ3v) is 4.12. The second-order valence-corrected chi connectivity index (χ2v) is 6.29. The fourth-order valence-corrected chi connectivity index (χ4v) is 2.74. The first-order valence-electron chi connectivity index (χ1n) is 8.17. The van der Waals surface area contributed by atoms with Crippen LogP contribution in [0, 0.1) is 10.1 Å². The second kappa shape index (κ2) is 8.33. The van der Waals surface area contributed by atoms with Gasteiger partial charge >= 0.3 is 5.97 Å². The highest BCUT2D eigenvalue weighted by molar-refractivity contribution is 5.78. The van der Waals surface area contributed by atoms with Crippen molar-refractivity contribution in [1.29, 1.82) is 0 Å². The molecule has 0 radical (unpaired) electrons. The molecule has 0 aliphatic carbocycles. The van der Waals surface area contributed by atoms with E-state index in [1.807, 2.05) is 0 Å². The molecule has 0 fully saturated rings. The summed E-state index contributed by atoms with van der Waals surface area (Å²) in [6.07, 6.45) is 0.539. The Morgan fingerprint density at radius 1 is 1.32 bits per heavy atom. The molecule has 28 heavy (non-hydrogen) atoms. The number of carbonyl (C=O) groups excluding carboxylic acids is 1. The Hall–Kier alpha value is -3.69. The van der Waals surface area contributed by atoms with Crippen molar-refractivity contribution in [2.45, 2.75) is 25.4 Å². The van der Waals surface area contributed by atoms with Crippen LogP contribution in [0.1, 0.15) is 18.9 Å². The molecule has 10 nitrogen and oxygen atoms in total. The minimum atomic E-state index is -1.29. The van der Waals surface area contributed by atoms with Crippen LogP contribution >= 0.6 is 0 Å². The summed E-state index contributed by atoms with van der Waals surface area (Å²) >= 11 is 0. The first-order chi connectivity index (χ1) is 13.1. The molecule has 0 aliphatic heterocycles. The standard InChI is InChI=1S/C18H19N3O7/c1-18(9-17(24)25,12-4-3-5-14(8-12)28-2)19-15(22)11-20-10-13(21(26)27)6-7-16(20)23/h3-8,10H,9,11H2,1-2H3,(H,19,22)(H,24,25). The molecule has 1 heterocycles.